The van der Waals surface area contributed by atoms with Crippen LogP contribution in [-0.2, 0) is 6.54 Å². The number of hydrogen-bond donors (Lipinski definition) is 1. The van der Waals surface area contributed by atoms with Crippen molar-refractivity contribution in [3.05, 3.63) is 58.3 Å². The van der Waals surface area contributed by atoms with Gasteiger partial charge in [0.1, 0.15) is 11.3 Å². The van der Waals surface area contributed by atoms with Gasteiger partial charge in [-0.1, -0.05) is 6.07 Å². The van der Waals surface area contributed by atoms with Crippen molar-refractivity contribution in [2.24, 2.45) is 0 Å². The Morgan fingerprint density at radius 3 is 2.89 bits per heavy atom. The number of hydrogen-bond acceptors (Lipinski definition) is 4. The lowest BCUT2D eigenvalue weighted by atomic mass is 10.1. The third kappa shape index (κ3) is 2.79. The van der Waals surface area contributed by atoms with E-state index in [0.717, 1.165) is 5.56 Å². The van der Waals surface area contributed by atoms with Gasteiger partial charge in [0.2, 0.25) is 0 Å². The van der Waals surface area contributed by atoms with Gasteiger partial charge in [0.15, 0.2) is 0 Å². The number of carboxylic acids is 1. The summed E-state index contributed by atoms with van der Waals surface area (Å²) < 4.78 is 6.46. The number of methoxy groups -OCH3 is 1. The zero-order valence-electron chi connectivity index (χ0n) is 10.2. The molecule has 1 heterocycles. The van der Waals surface area contributed by atoms with Gasteiger partial charge >= 0.3 is 11.7 Å². The summed E-state index contributed by atoms with van der Waals surface area (Å²) in [6, 6.07) is 6.36. The molecule has 19 heavy (non-hydrogen) atoms. The Morgan fingerprint density at radius 1 is 1.47 bits per heavy atom. The Balaban J connectivity index is 2.35. The number of carboxylic acid groups (broad SMARTS) is 1. The van der Waals surface area contributed by atoms with Crippen molar-refractivity contribution in [2.45, 2.75) is 6.54 Å². The van der Waals surface area contributed by atoms with Crippen LogP contribution < -0.4 is 10.4 Å². The van der Waals surface area contributed by atoms with Crippen LogP contribution >= 0.6 is 0 Å². The summed E-state index contributed by atoms with van der Waals surface area (Å²) in [6.07, 6.45) is 3.04. The van der Waals surface area contributed by atoms with Gasteiger partial charge in [-0.2, -0.15) is 0 Å². The first kappa shape index (κ1) is 12.8. The summed E-state index contributed by atoms with van der Waals surface area (Å²) in [6.45, 7) is 0.308. The molecule has 0 radical (unpaired) electrons. The van der Waals surface area contributed by atoms with Crippen LogP contribution in [0.15, 0.2) is 41.5 Å². The van der Waals surface area contributed by atoms with Crippen LogP contribution in [0.4, 0.5) is 0 Å². The van der Waals surface area contributed by atoms with E-state index in [1.54, 1.807) is 24.4 Å². The zero-order valence-corrected chi connectivity index (χ0v) is 10.2. The molecule has 0 spiro atoms. The smallest absolute Gasteiger partial charge is 0.347 e. The van der Waals surface area contributed by atoms with Crippen LogP contribution in [0.3, 0.4) is 0 Å². The minimum atomic E-state index is -1.05. The molecule has 6 nitrogen and oxygen atoms in total. The van der Waals surface area contributed by atoms with Crippen LogP contribution in [0.5, 0.6) is 5.75 Å². The molecule has 0 aliphatic heterocycles. The first-order chi connectivity index (χ1) is 9.11. The number of ether oxygens (including phenoxy) is 1. The second-order valence-corrected chi connectivity index (χ2v) is 3.87. The Kier molecular flexibility index (Phi) is 3.61. The lowest BCUT2D eigenvalue weighted by Gasteiger charge is -2.09. The fraction of sp³-hybridized carbons (Fsp3) is 0.154. The van der Waals surface area contributed by atoms with Gasteiger partial charge in [0.05, 0.1) is 13.7 Å². The van der Waals surface area contributed by atoms with Crippen LogP contribution in [0.25, 0.3) is 0 Å². The molecule has 0 saturated carbocycles. The first-order valence-corrected chi connectivity index (χ1v) is 5.53. The largest absolute Gasteiger partial charge is 0.496 e. The molecular weight excluding hydrogens is 248 g/mol. The number of benzene rings is 1. The van der Waals surface area contributed by atoms with Crippen molar-refractivity contribution < 1.29 is 14.6 Å². The lowest BCUT2D eigenvalue weighted by Crippen LogP contribution is -2.21. The van der Waals surface area contributed by atoms with Crippen LogP contribution in [0.2, 0.25) is 0 Å². The summed E-state index contributed by atoms with van der Waals surface area (Å²) in [5.74, 6) is -0.788. The van der Waals surface area contributed by atoms with Gasteiger partial charge in [0.25, 0.3) is 0 Å². The molecule has 2 aromatic rings. The summed E-state index contributed by atoms with van der Waals surface area (Å²) in [7, 11) is 1.40. The van der Waals surface area contributed by atoms with Crippen molar-refractivity contribution in [3.8, 4) is 5.75 Å². The molecule has 0 unspecified atom stereocenters. The average molecular weight is 260 g/mol. The molecule has 0 saturated heterocycles. The highest BCUT2D eigenvalue weighted by atomic mass is 16.5. The minimum Gasteiger partial charge on any atom is -0.496 e. The van der Waals surface area contributed by atoms with Gasteiger partial charge in [-0.3, -0.25) is 4.57 Å². The van der Waals surface area contributed by atoms with E-state index in [1.165, 1.54) is 23.9 Å². The quantitative estimate of drug-likeness (QED) is 0.886. The van der Waals surface area contributed by atoms with Gasteiger partial charge in [-0.05, 0) is 23.8 Å². The number of carbonyl (C=O) groups is 1. The maximum atomic E-state index is 11.5. The molecule has 0 amide bonds. The molecule has 0 bridgehead atoms. The summed E-state index contributed by atoms with van der Waals surface area (Å²) in [4.78, 5) is 26.1. The van der Waals surface area contributed by atoms with Crippen molar-refractivity contribution >= 4 is 5.97 Å². The number of nitrogens with zero attached hydrogens (tertiary/aromatic N) is 2. The molecule has 1 N–H and O–H groups in total. The van der Waals surface area contributed by atoms with E-state index < -0.39 is 5.97 Å². The van der Waals surface area contributed by atoms with E-state index in [1.807, 2.05) is 0 Å². The van der Waals surface area contributed by atoms with E-state index in [-0.39, 0.29) is 17.0 Å². The molecule has 6 heteroatoms. The third-order valence-electron chi connectivity index (χ3n) is 2.63. The summed E-state index contributed by atoms with van der Waals surface area (Å²) >= 11 is 0. The van der Waals surface area contributed by atoms with Crippen molar-refractivity contribution in [2.75, 3.05) is 7.11 Å². The molecule has 98 valence electrons. The number of aromatic carboxylic acids is 1. The standard InChI is InChI=1S/C13H12N2O4/c1-19-11-7-9(3-4-10(11)12(16)17)8-15-6-2-5-14-13(15)18/h2-7H,8H2,1H3,(H,16,17). The summed E-state index contributed by atoms with van der Waals surface area (Å²) in [5.41, 5.74) is 0.491. The van der Waals surface area contributed by atoms with E-state index in [0.29, 0.717) is 6.54 Å². The third-order valence-corrected chi connectivity index (χ3v) is 2.63. The van der Waals surface area contributed by atoms with Crippen LogP contribution in [-0.4, -0.2) is 27.7 Å². The monoisotopic (exact) mass is 260 g/mol. The first-order valence-electron chi connectivity index (χ1n) is 5.53. The van der Waals surface area contributed by atoms with E-state index in [4.69, 9.17) is 9.84 Å². The fourth-order valence-corrected chi connectivity index (χ4v) is 1.71. The topological polar surface area (TPSA) is 81.4 Å². The average Bonchev–Trinajstić information content (AvgIpc) is 2.41. The van der Waals surface area contributed by atoms with Gasteiger partial charge in [0, 0.05) is 12.4 Å². The molecule has 1 aromatic carbocycles. The highest BCUT2D eigenvalue weighted by molar-refractivity contribution is 5.90. The van der Waals surface area contributed by atoms with Gasteiger partial charge < -0.3 is 9.84 Å². The normalized spacial score (nSPS) is 10.2. The Hall–Kier alpha value is -2.63. The SMILES string of the molecule is COc1cc(Cn2cccnc2=O)ccc1C(=O)O. The highest BCUT2D eigenvalue weighted by Crippen LogP contribution is 2.20. The van der Waals surface area contributed by atoms with Crippen molar-refractivity contribution in [1.29, 1.82) is 0 Å². The molecular formula is C13H12N2O4. The minimum absolute atomic E-state index is 0.0878. The van der Waals surface area contributed by atoms with E-state index >= 15 is 0 Å². The molecule has 0 aliphatic rings. The maximum absolute atomic E-state index is 11.5. The predicted molar refractivity (Wildman–Crippen MR) is 67.6 cm³/mol. The zero-order chi connectivity index (χ0) is 13.8. The van der Waals surface area contributed by atoms with Gasteiger partial charge in [-0.25, -0.2) is 14.6 Å². The van der Waals surface area contributed by atoms with Crippen molar-refractivity contribution in [1.82, 2.24) is 9.55 Å². The second kappa shape index (κ2) is 5.34. The fourth-order valence-electron chi connectivity index (χ4n) is 1.71. The number of rotatable bonds is 4. The Morgan fingerprint density at radius 2 is 2.26 bits per heavy atom. The van der Waals surface area contributed by atoms with Crippen LogP contribution in [0.1, 0.15) is 15.9 Å². The molecule has 0 fully saturated rings. The van der Waals surface area contributed by atoms with E-state index in [2.05, 4.69) is 4.98 Å². The number of aromatic nitrogens is 2. The van der Waals surface area contributed by atoms with Gasteiger partial charge in [-0.15, -0.1) is 0 Å². The molecule has 0 aliphatic carbocycles. The highest BCUT2D eigenvalue weighted by Gasteiger charge is 2.11. The van der Waals surface area contributed by atoms with Crippen LogP contribution in [0, 0.1) is 0 Å². The Bertz CT molecular complexity index is 664. The molecule has 0 atom stereocenters. The van der Waals surface area contributed by atoms with E-state index in [9.17, 15) is 9.59 Å². The molecule has 1 aromatic heterocycles. The lowest BCUT2D eigenvalue weighted by molar-refractivity contribution is 0.0693. The summed E-state index contributed by atoms with van der Waals surface area (Å²) in [5, 5.41) is 8.98. The Labute approximate surface area is 108 Å². The molecule has 2 rings (SSSR count). The van der Waals surface area contributed by atoms with Crippen molar-refractivity contribution in [3.63, 3.8) is 0 Å². The maximum Gasteiger partial charge on any atom is 0.347 e. The second-order valence-electron chi connectivity index (χ2n) is 3.87. The predicted octanol–water partition coefficient (Wildman–Crippen LogP) is 0.998.